The minimum absolute atomic E-state index is 0.148. The van der Waals surface area contributed by atoms with Gasteiger partial charge in [0, 0.05) is 6.42 Å². The van der Waals surface area contributed by atoms with Gasteiger partial charge in [0.15, 0.2) is 5.78 Å². The van der Waals surface area contributed by atoms with Gasteiger partial charge in [-0.2, -0.15) is 0 Å². The fourth-order valence-electron chi connectivity index (χ4n) is 2.38. The molecule has 3 nitrogen and oxygen atoms in total. The molecule has 2 aliphatic heterocycles. The van der Waals surface area contributed by atoms with Crippen molar-refractivity contribution in [3.63, 3.8) is 0 Å². The molecule has 0 amide bonds. The Morgan fingerprint density at radius 2 is 2.06 bits per heavy atom. The van der Waals surface area contributed by atoms with E-state index in [0.29, 0.717) is 0 Å². The molecular formula is C13H12O3. The largest absolute Gasteiger partial charge is 0.382 e. The van der Waals surface area contributed by atoms with Gasteiger partial charge in [0.2, 0.25) is 0 Å². The van der Waals surface area contributed by atoms with Crippen LogP contribution in [0.2, 0.25) is 0 Å². The highest BCUT2D eigenvalue weighted by molar-refractivity contribution is 5.86. The number of benzene rings is 1. The van der Waals surface area contributed by atoms with E-state index in [9.17, 15) is 9.90 Å². The molecular weight excluding hydrogens is 204 g/mol. The normalized spacial score (nSPS) is 36.7. The Morgan fingerprint density at radius 1 is 1.31 bits per heavy atom. The maximum atomic E-state index is 11.7. The molecule has 1 saturated heterocycles. The number of carbonyl (C=O) groups excluding carboxylic acids is 1. The Hall–Kier alpha value is -1.45. The number of hydrogen-bond donors (Lipinski definition) is 1. The molecule has 1 fully saturated rings. The standard InChI is InChI=1S/C13H12O3/c14-10-8-13(9-4-2-1-3-5-9)7-6-11(16-13)12(10)15/h1-7,11-12,15H,8H2/t11-,12-,13+/m0/s1. The smallest absolute Gasteiger partial charge is 0.167 e. The van der Waals surface area contributed by atoms with Crippen molar-refractivity contribution >= 4 is 5.78 Å². The Morgan fingerprint density at radius 3 is 2.81 bits per heavy atom. The number of ketones is 1. The van der Waals surface area contributed by atoms with Crippen LogP contribution in [0.3, 0.4) is 0 Å². The molecule has 1 aromatic carbocycles. The van der Waals surface area contributed by atoms with Crippen LogP contribution < -0.4 is 0 Å². The molecule has 3 heteroatoms. The predicted molar refractivity (Wildman–Crippen MR) is 57.8 cm³/mol. The zero-order valence-electron chi connectivity index (χ0n) is 8.67. The molecule has 2 aliphatic rings. The third kappa shape index (κ3) is 1.25. The zero-order valence-corrected chi connectivity index (χ0v) is 8.67. The van der Waals surface area contributed by atoms with Crippen molar-refractivity contribution < 1.29 is 14.6 Å². The molecule has 1 N–H and O–H groups in total. The van der Waals surface area contributed by atoms with Gasteiger partial charge in [-0.15, -0.1) is 0 Å². The van der Waals surface area contributed by atoms with E-state index in [0.717, 1.165) is 5.56 Å². The molecule has 1 aromatic rings. The maximum Gasteiger partial charge on any atom is 0.167 e. The summed E-state index contributed by atoms with van der Waals surface area (Å²) in [6.07, 6.45) is 2.39. The van der Waals surface area contributed by atoms with Crippen LogP contribution in [0, 0.1) is 0 Å². The van der Waals surface area contributed by atoms with Crippen molar-refractivity contribution in [3.05, 3.63) is 48.0 Å². The van der Waals surface area contributed by atoms with Crippen LogP contribution in [-0.2, 0) is 15.1 Å². The number of carbonyl (C=O) groups is 1. The third-order valence-corrected chi connectivity index (χ3v) is 3.24. The summed E-state index contributed by atoms with van der Waals surface area (Å²) < 4.78 is 5.77. The van der Waals surface area contributed by atoms with Crippen molar-refractivity contribution in [1.29, 1.82) is 0 Å². The number of fused-ring (bicyclic) bond motifs is 2. The van der Waals surface area contributed by atoms with Crippen molar-refractivity contribution in [2.24, 2.45) is 0 Å². The number of hydrogen-bond acceptors (Lipinski definition) is 3. The Balaban J connectivity index is 2.03. The van der Waals surface area contributed by atoms with Gasteiger partial charge in [0.05, 0.1) is 0 Å². The van der Waals surface area contributed by atoms with Crippen molar-refractivity contribution in [2.75, 3.05) is 0 Å². The van der Waals surface area contributed by atoms with Crippen molar-refractivity contribution in [2.45, 2.75) is 24.2 Å². The number of ether oxygens (including phenoxy) is 1. The second kappa shape index (κ2) is 3.27. The summed E-state index contributed by atoms with van der Waals surface area (Å²) >= 11 is 0. The first kappa shape index (κ1) is 9.75. The molecule has 0 spiro atoms. The number of aliphatic hydroxyl groups excluding tert-OH is 1. The Bertz CT molecular complexity index is 452. The number of aliphatic hydroxyl groups is 1. The summed E-state index contributed by atoms with van der Waals surface area (Å²) in [6.45, 7) is 0. The molecule has 16 heavy (non-hydrogen) atoms. The molecule has 0 radical (unpaired) electrons. The monoisotopic (exact) mass is 216 g/mol. The van der Waals surface area contributed by atoms with E-state index in [1.807, 2.05) is 36.4 Å². The number of Topliss-reactive ketones (excluding diaryl/α,β-unsaturated/α-hetero) is 1. The van der Waals surface area contributed by atoms with E-state index in [1.54, 1.807) is 6.08 Å². The fraction of sp³-hybridized carbons (Fsp3) is 0.308. The van der Waals surface area contributed by atoms with Crippen molar-refractivity contribution in [1.82, 2.24) is 0 Å². The predicted octanol–water partition coefficient (Wildman–Crippen LogP) is 1.17. The van der Waals surface area contributed by atoms with Gasteiger partial charge in [-0.3, -0.25) is 4.79 Å². The molecule has 0 unspecified atom stereocenters. The average molecular weight is 216 g/mol. The van der Waals surface area contributed by atoms with E-state index in [1.165, 1.54) is 0 Å². The topological polar surface area (TPSA) is 46.5 Å². The zero-order chi connectivity index (χ0) is 11.2. The van der Waals surface area contributed by atoms with E-state index >= 15 is 0 Å². The average Bonchev–Trinajstić information content (AvgIpc) is 2.69. The number of rotatable bonds is 1. The molecule has 3 atom stereocenters. The minimum atomic E-state index is -1.00. The van der Waals surface area contributed by atoms with Gasteiger partial charge >= 0.3 is 0 Å². The summed E-state index contributed by atoms with van der Waals surface area (Å²) in [5, 5.41) is 9.60. The lowest BCUT2D eigenvalue weighted by Gasteiger charge is -2.35. The second-order valence-electron chi connectivity index (χ2n) is 4.29. The summed E-state index contributed by atoms with van der Waals surface area (Å²) in [5.74, 6) is -0.148. The first-order chi connectivity index (χ1) is 7.71. The molecule has 82 valence electrons. The van der Waals surface area contributed by atoms with Crippen LogP contribution in [0.25, 0.3) is 0 Å². The third-order valence-electron chi connectivity index (χ3n) is 3.24. The highest BCUT2D eigenvalue weighted by atomic mass is 16.5. The summed E-state index contributed by atoms with van der Waals surface area (Å²) in [7, 11) is 0. The van der Waals surface area contributed by atoms with Gasteiger partial charge in [0.1, 0.15) is 17.8 Å². The second-order valence-corrected chi connectivity index (χ2v) is 4.29. The molecule has 0 saturated carbocycles. The van der Waals surface area contributed by atoms with E-state index < -0.39 is 17.8 Å². The summed E-state index contributed by atoms with van der Waals surface area (Å²) in [4.78, 5) is 11.7. The first-order valence-corrected chi connectivity index (χ1v) is 5.35. The van der Waals surface area contributed by atoms with Gasteiger partial charge in [-0.1, -0.05) is 36.4 Å². The minimum Gasteiger partial charge on any atom is -0.382 e. The van der Waals surface area contributed by atoms with Crippen LogP contribution in [0.5, 0.6) is 0 Å². The van der Waals surface area contributed by atoms with Gasteiger partial charge in [0.25, 0.3) is 0 Å². The lowest BCUT2D eigenvalue weighted by atomic mass is 9.87. The van der Waals surface area contributed by atoms with Gasteiger partial charge < -0.3 is 9.84 Å². The highest BCUT2D eigenvalue weighted by Crippen LogP contribution is 2.42. The lowest BCUT2D eigenvalue weighted by Crippen LogP contribution is -2.45. The van der Waals surface area contributed by atoms with Crippen LogP contribution in [0.15, 0.2) is 42.5 Å². The van der Waals surface area contributed by atoms with Gasteiger partial charge in [-0.25, -0.2) is 0 Å². The Kier molecular flexibility index (Phi) is 1.99. The maximum absolute atomic E-state index is 11.7. The summed E-state index contributed by atoms with van der Waals surface area (Å²) in [6, 6.07) is 9.65. The first-order valence-electron chi connectivity index (χ1n) is 5.35. The van der Waals surface area contributed by atoms with Crippen LogP contribution in [0.4, 0.5) is 0 Å². The quantitative estimate of drug-likeness (QED) is 0.717. The van der Waals surface area contributed by atoms with Crippen LogP contribution in [-0.4, -0.2) is 23.1 Å². The lowest BCUT2D eigenvalue weighted by molar-refractivity contribution is -0.159. The molecule has 3 rings (SSSR count). The molecule has 2 heterocycles. The van der Waals surface area contributed by atoms with E-state index in [-0.39, 0.29) is 12.2 Å². The SMILES string of the molecule is O=C1C[C@@]2(c3ccccc3)C=C[C@H](O2)[C@H]1O. The highest BCUT2D eigenvalue weighted by Gasteiger charge is 2.48. The van der Waals surface area contributed by atoms with Crippen LogP contribution >= 0.6 is 0 Å². The van der Waals surface area contributed by atoms with Gasteiger partial charge in [-0.05, 0) is 11.6 Å². The molecule has 0 aromatic heterocycles. The molecule has 2 bridgehead atoms. The van der Waals surface area contributed by atoms with Crippen LogP contribution in [0.1, 0.15) is 12.0 Å². The van der Waals surface area contributed by atoms with E-state index in [2.05, 4.69) is 0 Å². The van der Waals surface area contributed by atoms with Crippen molar-refractivity contribution in [3.8, 4) is 0 Å². The van der Waals surface area contributed by atoms with E-state index in [4.69, 9.17) is 4.74 Å². The fourth-order valence-corrected chi connectivity index (χ4v) is 2.38. The summed E-state index contributed by atoms with van der Waals surface area (Å²) in [5.41, 5.74) is 0.316. The Labute approximate surface area is 93.4 Å². The molecule has 0 aliphatic carbocycles.